The van der Waals surface area contributed by atoms with Crippen molar-refractivity contribution in [1.29, 1.82) is 0 Å². The highest BCUT2D eigenvalue weighted by atomic mass is 15.3. The Kier molecular flexibility index (Phi) is 3.36. The highest BCUT2D eigenvalue weighted by Crippen LogP contribution is 2.17. The SMILES string of the molecule is CC(C)n1cnnc1CCNC1CCC1. The Hall–Kier alpha value is -0.900. The van der Waals surface area contributed by atoms with Gasteiger partial charge in [0.2, 0.25) is 0 Å². The summed E-state index contributed by atoms with van der Waals surface area (Å²) in [5.74, 6) is 1.09. The largest absolute Gasteiger partial charge is 0.315 e. The van der Waals surface area contributed by atoms with Gasteiger partial charge in [0.15, 0.2) is 0 Å². The fourth-order valence-electron chi connectivity index (χ4n) is 1.88. The van der Waals surface area contributed by atoms with E-state index < -0.39 is 0 Å². The molecule has 1 heterocycles. The summed E-state index contributed by atoms with van der Waals surface area (Å²) < 4.78 is 2.14. The van der Waals surface area contributed by atoms with E-state index in [1.165, 1.54) is 19.3 Å². The molecule has 1 aromatic heterocycles. The standard InChI is InChI=1S/C11H20N4/c1-9(2)15-8-13-14-11(15)6-7-12-10-4-3-5-10/h8-10,12H,3-7H2,1-2H3. The van der Waals surface area contributed by atoms with Crippen LogP contribution in [0.2, 0.25) is 0 Å². The lowest BCUT2D eigenvalue weighted by molar-refractivity contribution is 0.340. The van der Waals surface area contributed by atoms with Gasteiger partial charge in [-0.05, 0) is 26.7 Å². The van der Waals surface area contributed by atoms with Crippen LogP contribution in [0.3, 0.4) is 0 Å². The zero-order valence-corrected chi connectivity index (χ0v) is 9.61. The third-order valence-corrected chi connectivity index (χ3v) is 3.09. The lowest BCUT2D eigenvalue weighted by Crippen LogP contribution is -2.36. The van der Waals surface area contributed by atoms with Crippen LogP contribution in [0.25, 0.3) is 0 Å². The van der Waals surface area contributed by atoms with Gasteiger partial charge in [0.05, 0.1) is 0 Å². The summed E-state index contributed by atoms with van der Waals surface area (Å²) in [6.45, 7) is 5.34. The summed E-state index contributed by atoms with van der Waals surface area (Å²) in [4.78, 5) is 0. The van der Waals surface area contributed by atoms with Crippen molar-refractivity contribution in [2.45, 2.75) is 51.6 Å². The summed E-state index contributed by atoms with van der Waals surface area (Å²) in [5.41, 5.74) is 0. The first-order chi connectivity index (χ1) is 7.27. The third-order valence-electron chi connectivity index (χ3n) is 3.09. The number of nitrogens with zero attached hydrogens (tertiary/aromatic N) is 3. The van der Waals surface area contributed by atoms with E-state index in [0.29, 0.717) is 6.04 Å². The van der Waals surface area contributed by atoms with Gasteiger partial charge in [-0.15, -0.1) is 10.2 Å². The number of aromatic nitrogens is 3. The minimum atomic E-state index is 0.457. The third kappa shape index (κ3) is 2.56. The van der Waals surface area contributed by atoms with Crippen LogP contribution in [-0.2, 0) is 6.42 Å². The summed E-state index contributed by atoms with van der Waals surface area (Å²) in [6, 6.07) is 1.22. The van der Waals surface area contributed by atoms with Crippen LogP contribution in [0, 0.1) is 0 Å². The van der Waals surface area contributed by atoms with Gasteiger partial charge >= 0.3 is 0 Å². The molecule has 0 spiro atoms. The van der Waals surface area contributed by atoms with E-state index in [1.807, 2.05) is 6.33 Å². The number of rotatable bonds is 5. The van der Waals surface area contributed by atoms with Crippen molar-refractivity contribution in [3.8, 4) is 0 Å². The molecule has 0 atom stereocenters. The maximum atomic E-state index is 4.15. The van der Waals surface area contributed by atoms with Crippen molar-refractivity contribution >= 4 is 0 Å². The van der Waals surface area contributed by atoms with E-state index in [0.717, 1.165) is 24.8 Å². The number of hydrogen-bond donors (Lipinski definition) is 1. The van der Waals surface area contributed by atoms with E-state index in [1.54, 1.807) is 0 Å². The first kappa shape index (κ1) is 10.6. The molecule has 0 aliphatic heterocycles. The average Bonchev–Trinajstić information content (AvgIpc) is 2.57. The van der Waals surface area contributed by atoms with Gasteiger partial charge in [0.1, 0.15) is 12.2 Å². The van der Waals surface area contributed by atoms with Gasteiger partial charge in [-0.2, -0.15) is 0 Å². The monoisotopic (exact) mass is 208 g/mol. The Balaban J connectivity index is 1.79. The molecule has 2 rings (SSSR count). The zero-order chi connectivity index (χ0) is 10.7. The molecule has 0 amide bonds. The van der Waals surface area contributed by atoms with Gasteiger partial charge in [0, 0.05) is 25.0 Å². The molecule has 1 aromatic rings. The molecule has 0 saturated heterocycles. The van der Waals surface area contributed by atoms with Crippen molar-refractivity contribution < 1.29 is 0 Å². The summed E-state index contributed by atoms with van der Waals surface area (Å²) >= 11 is 0. The Morgan fingerprint density at radius 2 is 2.33 bits per heavy atom. The fraction of sp³-hybridized carbons (Fsp3) is 0.818. The first-order valence-electron chi connectivity index (χ1n) is 5.89. The van der Waals surface area contributed by atoms with Gasteiger partial charge < -0.3 is 9.88 Å². The van der Waals surface area contributed by atoms with Gasteiger partial charge in [-0.1, -0.05) is 6.42 Å². The molecular weight excluding hydrogens is 188 g/mol. The Morgan fingerprint density at radius 3 is 2.93 bits per heavy atom. The smallest absolute Gasteiger partial charge is 0.134 e. The van der Waals surface area contributed by atoms with Crippen molar-refractivity contribution in [3.63, 3.8) is 0 Å². The molecule has 0 aromatic carbocycles. The molecule has 15 heavy (non-hydrogen) atoms. The maximum Gasteiger partial charge on any atom is 0.134 e. The molecule has 1 saturated carbocycles. The van der Waals surface area contributed by atoms with Crippen LogP contribution in [0.1, 0.15) is 45.0 Å². The van der Waals surface area contributed by atoms with E-state index >= 15 is 0 Å². The molecule has 4 heteroatoms. The number of nitrogens with one attached hydrogen (secondary N) is 1. The van der Waals surface area contributed by atoms with E-state index in [2.05, 4.69) is 33.9 Å². The van der Waals surface area contributed by atoms with Crippen LogP contribution >= 0.6 is 0 Å². The fourth-order valence-corrected chi connectivity index (χ4v) is 1.88. The molecule has 1 fully saturated rings. The Bertz CT molecular complexity index is 301. The second-order valence-corrected chi connectivity index (χ2v) is 4.58. The maximum absolute atomic E-state index is 4.15. The van der Waals surface area contributed by atoms with Crippen molar-refractivity contribution in [3.05, 3.63) is 12.2 Å². The van der Waals surface area contributed by atoms with Gasteiger partial charge in [-0.3, -0.25) is 0 Å². The van der Waals surface area contributed by atoms with Crippen LogP contribution < -0.4 is 5.32 Å². The lowest BCUT2D eigenvalue weighted by atomic mass is 9.93. The first-order valence-corrected chi connectivity index (χ1v) is 5.89. The molecule has 1 N–H and O–H groups in total. The molecule has 0 radical (unpaired) electrons. The summed E-state index contributed by atoms with van der Waals surface area (Å²) in [7, 11) is 0. The predicted octanol–water partition coefficient (Wildman–Crippen LogP) is 1.54. The van der Waals surface area contributed by atoms with Gasteiger partial charge in [-0.25, -0.2) is 0 Å². The average molecular weight is 208 g/mol. The molecule has 1 aliphatic rings. The highest BCUT2D eigenvalue weighted by molar-refractivity contribution is 4.89. The van der Waals surface area contributed by atoms with Crippen molar-refractivity contribution in [2.24, 2.45) is 0 Å². The van der Waals surface area contributed by atoms with Crippen molar-refractivity contribution in [2.75, 3.05) is 6.54 Å². The van der Waals surface area contributed by atoms with Gasteiger partial charge in [0.25, 0.3) is 0 Å². The van der Waals surface area contributed by atoms with E-state index in [-0.39, 0.29) is 0 Å². The molecule has 1 aliphatic carbocycles. The molecule has 0 bridgehead atoms. The second kappa shape index (κ2) is 4.75. The Morgan fingerprint density at radius 1 is 1.53 bits per heavy atom. The van der Waals surface area contributed by atoms with E-state index in [4.69, 9.17) is 0 Å². The van der Waals surface area contributed by atoms with Crippen LogP contribution in [0.5, 0.6) is 0 Å². The predicted molar refractivity (Wildman–Crippen MR) is 59.8 cm³/mol. The van der Waals surface area contributed by atoms with Crippen molar-refractivity contribution in [1.82, 2.24) is 20.1 Å². The molecule has 4 nitrogen and oxygen atoms in total. The van der Waals surface area contributed by atoms with Crippen LogP contribution in [0.15, 0.2) is 6.33 Å². The zero-order valence-electron chi connectivity index (χ0n) is 9.61. The van der Waals surface area contributed by atoms with E-state index in [9.17, 15) is 0 Å². The second-order valence-electron chi connectivity index (χ2n) is 4.58. The minimum Gasteiger partial charge on any atom is -0.315 e. The molecular formula is C11H20N4. The summed E-state index contributed by atoms with van der Waals surface area (Å²) in [6.07, 6.45) is 6.88. The highest BCUT2D eigenvalue weighted by Gasteiger charge is 2.16. The topological polar surface area (TPSA) is 42.7 Å². The Labute approximate surface area is 91.1 Å². The summed E-state index contributed by atoms with van der Waals surface area (Å²) in [5, 5.41) is 11.7. The minimum absolute atomic E-state index is 0.457. The lowest BCUT2D eigenvalue weighted by Gasteiger charge is -2.26. The normalized spacial score (nSPS) is 17.0. The van der Waals surface area contributed by atoms with Crippen LogP contribution in [0.4, 0.5) is 0 Å². The molecule has 84 valence electrons. The van der Waals surface area contributed by atoms with Crippen LogP contribution in [-0.4, -0.2) is 27.4 Å². The molecule has 0 unspecified atom stereocenters. The quantitative estimate of drug-likeness (QED) is 0.798. The number of hydrogen-bond acceptors (Lipinski definition) is 3.